The molecule has 0 heterocycles. The molecule has 1 aliphatic rings. The summed E-state index contributed by atoms with van der Waals surface area (Å²) in [5.74, 6) is 0. The predicted octanol–water partition coefficient (Wildman–Crippen LogP) is 2.44. The molecule has 0 aromatic heterocycles. The summed E-state index contributed by atoms with van der Waals surface area (Å²) in [6, 6.07) is 36.5. The minimum atomic E-state index is 0. The summed E-state index contributed by atoms with van der Waals surface area (Å²) in [7, 11) is 0. The maximum atomic E-state index is 2.99. The predicted molar refractivity (Wildman–Crippen MR) is 144 cm³/mol. The van der Waals surface area contributed by atoms with Gasteiger partial charge in [-0.15, -0.1) is 46.2 Å². The number of rotatable bonds is 2. The molecule has 0 atom stereocenters. The van der Waals surface area contributed by atoms with Gasteiger partial charge in [0.15, 0.2) is 0 Å². The second-order valence-electron chi connectivity index (χ2n) is 8.44. The van der Waals surface area contributed by atoms with Crippen LogP contribution < -0.4 is 24.8 Å². The third-order valence-corrected chi connectivity index (χ3v) is 6.63. The van der Waals surface area contributed by atoms with E-state index < -0.39 is 0 Å². The van der Waals surface area contributed by atoms with Crippen molar-refractivity contribution in [3.05, 3.63) is 150 Å². The van der Waals surface area contributed by atoms with Crippen LogP contribution >= 0.6 is 0 Å². The van der Waals surface area contributed by atoms with Crippen molar-refractivity contribution in [2.24, 2.45) is 0 Å². The van der Waals surface area contributed by atoms with Crippen LogP contribution in [0, 0.1) is 19.9 Å². The second-order valence-corrected chi connectivity index (χ2v) is 9.22. The Hall–Kier alpha value is -2.61. The average molecular weight is 543 g/mol. The first-order chi connectivity index (χ1) is 16.6. The van der Waals surface area contributed by atoms with Gasteiger partial charge in [-0.25, -0.2) is 12.2 Å². The number of aryl methyl sites for hydroxylation is 2. The van der Waals surface area contributed by atoms with Gasteiger partial charge in [-0.1, -0.05) is 35.4 Å². The molecule has 0 N–H and O–H groups in total. The van der Waals surface area contributed by atoms with Crippen molar-refractivity contribution in [1.29, 1.82) is 0 Å². The number of benzene rings is 4. The molecule has 6 rings (SSSR count). The zero-order valence-electron chi connectivity index (χ0n) is 20.5. The van der Waals surface area contributed by atoms with E-state index in [1.807, 2.05) is 24.3 Å². The van der Waals surface area contributed by atoms with E-state index in [9.17, 15) is 0 Å². The fourth-order valence-electron chi connectivity index (χ4n) is 3.94. The Bertz CT molecular complexity index is 1340. The van der Waals surface area contributed by atoms with Crippen LogP contribution in [0.4, 0.5) is 0 Å². The summed E-state index contributed by atoms with van der Waals surface area (Å²) in [4.78, 5) is 0. The molecule has 36 heavy (non-hydrogen) atoms. The maximum absolute atomic E-state index is 2.99. The fourth-order valence-corrected chi connectivity index (χ4v) is 4.46. The molecular weight excluding hydrogens is 515 g/mol. The SMILES string of the molecule is Cc1ccc2[cH-]c3ccc(C)cc3c2c1.[C-]1=CC=CC1.[Cl-].[Cl-].[Ti+2]=[C](c1ccccc1)c1ccccc1. The van der Waals surface area contributed by atoms with Crippen molar-refractivity contribution in [3.8, 4) is 0 Å². The van der Waals surface area contributed by atoms with E-state index in [2.05, 4.69) is 137 Å². The van der Waals surface area contributed by atoms with Gasteiger partial charge in [-0.3, -0.25) is 6.08 Å². The monoisotopic (exact) mass is 542 g/mol. The molecule has 0 saturated heterocycles. The molecule has 0 spiro atoms. The Morgan fingerprint density at radius 1 is 0.694 bits per heavy atom. The molecular formula is C33H28Cl2Ti-2. The van der Waals surface area contributed by atoms with Gasteiger partial charge in [-0.05, 0) is 13.8 Å². The molecule has 0 amide bonds. The molecule has 5 aromatic carbocycles. The molecule has 0 saturated carbocycles. The van der Waals surface area contributed by atoms with Crippen molar-refractivity contribution in [1.82, 2.24) is 0 Å². The van der Waals surface area contributed by atoms with Crippen LogP contribution in [0.2, 0.25) is 0 Å². The van der Waals surface area contributed by atoms with Crippen molar-refractivity contribution < 1.29 is 44.8 Å². The number of hydrogen-bond donors (Lipinski definition) is 0. The quantitative estimate of drug-likeness (QED) is 0.237. The van der Waals surface area contributed by atoms with E-state index in [-0.39, 0.29) is 24.8 Å². The number of allylic oxidation sites excluding steroid dienone is 4. The molecule has 5 aromatic rings. The normalized spacial score (nSPS) is 11.0. The summed E-state index contributed by atoms with van der Waals surface area (Å²) in [6.45, 7) is 4.29. The van der Waals surface area contributed by atoms with Crippen LogP contribution in [0.5, 0.6) is 0 Å². The zero-order valence-corrected chi connectivity index (χ0v) is 23.6. The van der Waals surface area contributed by atoms with Crippen molar-refractivity contribution in [2.75, 3.05) is 0 Å². The van der Waals surface area contributed by atoms with E-state index in [0.717, 1.165) is 6.42 Å². The van der Waals surface area contributed by atoms with Crippen LogP contribution in [0.15, 0.2) is 121 Å². The molecule has 0 unspecified atom stereocenters. The van der Waals surface area contributed by atoms with E-state index in [1.165, 1.54) is 47.6 Å². The number of fused-ring (bicyclic) bond motifs is 3. The third-order valence-electron chi connectivity index (χ3n) is 5.73. The van der Waals surface area contributed by atoms with Gasteiger partial charge in [0.05, 0.1) is 0 Å². The number of halogens is 2. The summed E-state index contributed by atoms with van der Waals surface area (Å²) in [6.07, 6.45) is 10.0. The van der Waals surface area contributed by atoms with Crippen LogP contribution in [0.25, 0.3) is 21.5 Å². The van der Waals surface area contributed by atoms with Crippen LogP contribution in [0.1, 0.15) is 28.7 Å². The average Bonchev–Trinajstić information content (AvgIpc) is 3.57. The Morgan fingerprint density at radius 2 is 1.17 bits per heavy atom. The number of hydrogen-bond acceptors (Lipinski definition) is 0. The summed E-state index contributed by atoms with van der Waals surface area (Å²) in [5, 5.41) is 5.46. The molecule has 0 aliphatic heterocycles. The Morgan fingerprint density at radius 3 is 1.53 bits per heavy atom. The van der Waals surface area contributed by atoms with Gasteiger partial charge < -0.3 is 24.8 Å². The van der Waals surface area contributed by atoms with Gasteiger partial charge in [0.2, 0.25) is 0 Å². The molecule has 180 valence electrons. The van der Waals surface area contributed by atoms with Crippen molar-refractivity contribution >= 4 is 25.4 Å². The molecule has 3 heteroatoms. The van der Waals surface area contributed by atoms with Crippen LogP contribution in [-0.4, -0.2) is 3.81 Å². The van der Waals surface area contributed by atoms with E-state index in [4.69, 9.17) is 0 Å². The Labute approximate surface area is 238 Å². The topological polar surface area (TPSA) is 0 Å². The first-order valence-corrected chi connectivity index (χ1v) is 12.4. The minimum absolute atomic E-state index is 0. The third kappa shape index (κ3) is 7.95. The fraction of sp³-hybridized carbons (Fsp3) is 0.0909. The van der Waals surface area contributed by atoms with Gasteiger partial charge in [-0.2, -0.15) is 6.08 Å². The van der Waals surface area contributed by atoms with Crippen molar-refractivity contribution in [2.45, 2.75) is 20.3 Å². The van der Waals surface area contributed by atoms with Gasteiger partial charge in [0.1, 0.15) is 0 Å². The molecule has 0 bridgehead atoms. The Balaban J connectivity index is 0.000000204. The summed E-state index contributed by atoms with van der Waals surface area (Å²) in [5.41, 5.74) is 5.24. The first kappa shape index (κ1) is 29.6. The second kappa shape index (κ2) is 14.8. The van der Waals surface area contributed by atoms with Gasteiger partial charge in [0, 0.05) is 0 Å². The van der Waals surface area contributed by atoms with Crippen LogP contribution in [0.3, 0.4) is 0 Å². The molecule has 1 aliphatic carbocycles. The summed E-state index contributed by atoms with van der Waals surface area (Å²) < 4.78 is 1.33. The Kier molecular flexibility index (Phi) is 12.2. The first-order valence-electron chi connectivity index (χ1n) is 11.6. The standard InChI is InChI=1S/C15H13.C13H10.C5H5.2ClH.Ti/c1-10-3-5-12-9-13-6-4-11(2)8-15(13)14(12)7-10;1-3-7-12(8-4-1)11-13-9-5-2-6-10-13;1-2-4-5-3-1;;;/h3-9H,1-2H3;1-10H;1-3H,4H2;2*1H;/q-1;;-1;;;+2/p-2. The van der Waals surface area contributed by atoms with Crippen LogP contribution in [-0.2, 0) is 20.0 Å². The summed E-state index contributed by atoms with van der Waals surface area (Å²) >= 11 is 2.16. The van der Waals surface area contributed by atoms with Gasteiger partial charge >= 0.3 is 95.6 Å². The van der Waals surface area contributed by atoms with Crippen molar-refractivity contribution in [3.63, 3.8) is 0 Å². The molecule has 0 fully saturated rings. The van der Waals surface area contributed by atoms with Gasteiger partial charge in [0.25, 0.3) is 0 Å². The molecule has 0 radical (unpaired) electrons. The zero-order chi connectivity index (χ0) is 23.8. The van der Waals surface area contributed by atoms with E-state index in [0.29, 0.717) is 0 Å². The molecule has 0 nitrogen and oxygen atoms in total. The van der Waals surface area contributed by atoms with E-state index in [1.54, 1.807) is 0 Å². The van der Waals surface area contributed by atoms with E-state index >= 15 is 0 Å².